The summed E-state index contributed by atoms with van der Waals surface area (Å²) in [6.07, 6.45) is 0.922. The molecule has 0 spiro atoms. The number of para-hydroxylation sites is 1. The summed E-state index contributed by atoms with van der Waals surface area (Å²) >= 11 is 0. The van der Waals surface area contributed by atoms with Crippen LogP contribution < -0.4 is 10.2 Å². The number of nitro groups is 1. The monoisotopic (exact) mass is 455 g/mol. The van der Waals surface area contributed by atoms with E-state index < -0.39 is 44.8 Å². The van der Waals surface area contributed by atoms with Gasteiger partial charge in [0.05, 0.1) is 28.2 Å². The molecular weight excluding hydrogens is 438 g/mol. The third kappa shape index (κ3) is 3.97. The lowest BCUT2D eigenvalue weighted by Crippen LogP contribution is -2.38. The fourth-order valence-corrected chi connectivity index (χ4v) is 5.38. The predicted octanol–water partition coefficient (Wildman–Crippen LogP) is 3.08. The highest BCUT2D eigenvalue weighted by atomic mass is 32.2. The molecule has 0 fully saturated rings. The fraction of sp³-hybridized carbons (Fsp3) is 0.143. The number of carbonyl (C=O) groups is 2. The van der Waals surface area contributed by atoms with E-state index in [9.17, 15) is 28.1 Å². The smallest absolute Gasteiger partial charge is 0.271 e. The molecule has 1 unspecified atom stereocenters. The Morgan fingerprint density at radius 1 is 1.16 bits per heavy atom. The molecule has 1 aliphatic rings. The van der Waals surface area contributed by atoms with Crippen molar-refractivity contribution < 1.29 is 27.3 Å². The highest BCUT2D eigenvalue weighted by Gasteiger charge is 2.41. The van der Waals surface area contributed by atoms with Crippen LogP contribution in [0.3, 0.4) is 0 Å². The quantitative estimate of drug-likeness (QED) is 0.460. The van der Waals surface area contributed by atoms with Crippen molar-refractivity contribution in [1.82, 2.24) is 0 Å². The number of nitro benzene ring substituents is 1. The zero-order valence-corrected chi connectivity index (χ0v) is 17.3. The van der Waals surface area contributed by atoms with Gasteiger partial charge in [-0.25, -0.2) is 8.42 Å². The number of amides is 2. The average molecular weight is 455 g/mol. The number of sulfone groups is 1. The van der Waals surface area contributed by atoms with Crippen molar-refractivity contribution in [2.75, 3.05) is 16.8 Å². The van der Waals surface area contributed by atoms with Crippen molar-refractivity contribution in [2.24, 2.45) is 0 Å². The van der Waals surface area contributed by atoms with Crippen LogP contribution in [0, 0.1) is 10.1 Å². The number of carbonyl (C=O) groups excluding carboxylic acids is 2. The highest BCUT2D eigenvalue weighted by Crippen LogP contribution is 2.40. The first-order valence-corrected chi connectivity index (χ1v) is 11.0. The Balaban J connectivity index is 1.66. The van der Waals surface area contributed by atoms with Crippen LogP contribution in [0.5, 0.6) is 0 Å². The summed E-state index contributed by atoms with van der Waals surface area (Å²) in [5.74, 6) is -1.08. The molecule has 164 valence electrons. The lowest BCUT2D eigenvalue weighted by atomic mass is 10.2. The van der Waals surface area contributed by atoms with Gasteiger partial charge in [-0.3, -0.25) is 19.7 Å². The van der Waals surface area contributed by atoms with Crippen LogP contribution in [0.15, 0.2) is 76.2 Å². The van der Waals surface area contributed by atoms with Crippen molar-refractivity contribution in [3.8, 4) is 0 Å². The minimum atomic E-state index is -3.98. The molecule has 10 nitrogen and oxygen atoms in total. The van der Waals surface area contributed by atoms with Gasteiger partial charge in [-0.15, -0.1) is 0 Å². The molecule has 1 N–H and O–H groups in total. The van der Waals surface area contributed by atoms with Gasteiger partial charge < -0.3 is 14.6 Å². The molecule has 2 amide bonds. The molecule has 1 atom stereocenters. The van der Waals surface area contributed by atoms with Gasteiger partial charge in [0.15, 0.2) is 9.84 Å². The van der Waals surface area contributed by atoms with Crippen molar-refractivity contribution in [3.05, 3.63) is 82.8 Å². The summed E-state index contributed by atoms with van der Waals surface area (Å²) in [5.41, 5.74) is 0.0629. The van der Waals surface area contributed by atoms with E-state index in [0.29, 0.717) is 0 Å². The van der Waals surface area contributed by atoms with Gasteiger partial charge in [0.2, 0.25) is 11.8 Å². The van der Waals surface area contributed by atoms with E-state index in [-0.39, 0.29) is 27.7 Å². The lowest BCUT2D eigenvalue weighted by molar-refractivity contribution is -0.384. The standard InChI is InChI=1S/C21H17N3O7S/c25-20(22-14-5-3-6-15(11-14)24(27)28)13-23-16-7-1-2-9-18(16)32(29,30)19(12-21(23)26)17-8-4-10-31-17/h1-11,19H,12-13H2,(H,22,25). The number of hydrogen-bond acceptors (Lipinski definition) is 7. The minimum Gasteiger partial charge on any atom is -0.468 e. The predicted molar refractivity (Wildman–Crippen MR) is 114 cm³/mol. The van der Waals surface area contributed by atoms with E-state index in [4.69, 9.17) is 4.42 Å². The zero-order chi connectivity index (χ0) is 22.9. The van der Waals surface area contributed by atoms with E-state index in [0.717, 1.165) is 4.90 Å². The number of rotatable bonds is 5. The Bertz CT molecular complexity index is 1300. The first-order valence-electron chi connectivity index (χ1n) is 9.48. The van der Waals surface area contributed by atoms with Crippen LogP contribution in [-0.2, 0) is 19.4 Å². The average Bonchev–Trinajstić information content (AvgIpc) is 3.27. The Kier molecular flexibility index (Phi) is 5.49. The maximum atomic E-state index is 13.3. The molecule has 1 aromatic heterocycles. The summed E-state index contributed by atoms with van der Waals surface area (Å²) in [5, 5.41) is 12.2. The second kappa shape index (κ2) is 8.27. The number of nitrogens with one attached hydrogen (secondary N) is 1. The summed E-state index contributed by atoms with van der Waals surface area (Å²) < 4.78 is 31.8. The number of anilines is 2. The lowest BCUT2D eigenvalue weighted by Gasteiger charge is -2.21. The maximum absolute atomic E-state index is 13.3. The first-order chi connectivity index (χ1) is 15.3. The summed E-state index contributed by atoms with van der Waals surface area (Å²) in [6, 6.07) is 14.3. The Morgan fingerprint density at radius 2 is 1.94 bits per heavy atom. The Labute approximate surface area is 182 Å². The summed E-state index contributed by atoms with van der Waals surface area (Å²) in [6.45, 7) is -0.473. The number of hydrogen-bond donors (Lipinski definition) is 1. The van der Waals surface area contributed by atoms with Crippen LogP contribution in [0.4, 0.5) is 17.1 Å². The van der Waals surface area contributed by atoms with E-state index in [1.165, 1.54) is 60.9 Å². The zero-order valence-electron chi connectivity index (χ0n) is 16.5. The van der Waals surface area contributed by atoms with Gasteiger partial charge in [-0.2, -0.15) is 0 Å². The van der Waals surface area contributed by atoms with E-state index in [1.54, 1.807) is 6.07 Å². The molecule has 32 heavy (non-hydrogen) atoms. The molecule has 4 rings (SSSR count). The number of benzene rings is 2. The number of fused-ring (bicyclic) bond motifs is 1. The largest absolute Gasteiger partial charge is 0.468 e. The Hall–Kier alpha value is -3.99. The van der Waals surface area contributed by atoms with Crippen molar-refractivity contribution in [3.63, 3.8) is 0 Å². The van der Waals surface area contributed by atoms with E-state index >= 15 is 0 Å². The van der Waals surface area contributed by atoms with Crippen LogP contribution >= 0.6 is 0 Å². The topological polar surface area (TPSA) is 140 Å². The van der Waals surface area contributed by atoms with Gasteiger partial charge in [-0.05, 0) is 30.3 Å². The van der Waals surface area contributed by atoms with Gasteiger partial charge in [0.25, 0.3) is 5.69 Å². The van der Waals surface area contributed by atoms with Gasteiger partial charge in [0, 0.05) is 17.8 Å². The van der Waals surface area contributed by atoms with Crippen LogP contribution in [0.25, 0.3) is 0 Å². The van der Waals surface area contributed by atoms with Crippen molar-refractivity contribution >= 4 is 38.7 Å². The second-order valence-electron chi connectivity index (χ2n) is 7.06. The van der Waals surface area contributed by atoms with E-state index in [1.807, 2.05) is 0 Å². The molecule has 11 heteroatoms. The van der Waals surface area contributed by atoms with Crippen LogP contribution in [0.2, 0.25) is 0 Å². The van der Waals surface area contributed by atoms with Crippen molar-refractivity contribution in [1.29, 1.82) is 0 Å². The molecular formula is C21H17N3O7S. The molecule has 3 aromatic rings. The molecule has 0 bridgehead atoms. The SMILES string of the molecule is O=C(CN1C(=O)CC(c2ccco2)S(=O)(=O)c2ccccc21)Nc1cccc([N+](=O)[O-])c1. The molecule has 2 aromatic carbocycles. The Morgan fingerprint density at radius 3 is 2.66 bits per heavy atom. The van der Waals surface area contributed by atoms with Crippen LogP contribution in [-0.4, -0.2) is 31.7 Å². The fourth-order valence-electron chi connectivity index (χ4n) is 3.53. The van der Waals surface area contributed by atoms with Gasteiger partial charge >= 0.3 is 0 Å². The number of furan rings is 1. The van der Waals surface area contributed by atoms with Gasteiger partial charge in [0.1, 0.15) is 17.6 Å². The third-order valence-corrected chi connectivity index (χ3v) is 7.11. The summed E-state index contributed by atoms with van der Waals surface area (Å²) in [4.78, 5) is 37.1. The minimum absolute atomic E-state index is 0.0840. The van der Waals surface area contributed by atoms with Crippen LogP contribution in [0.1, 0.15) is 17.4 Å². The molecule has 0 aliphatic carbocycles. The molecule has 0 radical (unpaired) electrons. The maximum Gasteiger partial charge on any atom is 0.271 e. The molecule has 2 heterocycles. The van der Waals surface area contributed by atoms with Crippen molar-refractivity contribution in [2.45, 2.75) is 16.6 Å². The molecule has 0 saturated carbocycles. The number of nitrogens with zero attached hydrogens (tertiary/aromatic N) is 2. The number of non-ortho nitro benzene ring substituents is 1. The molecule has 1 aliphatic heterocycles. The van der Waals surface area contributed by atoms with Gasteiger partial charge in [-0.1, -0.05) is 18.2 Å². The van der Waals surface area contributed by atoms with E-state index in [2.05, 4.69) is 5.32 Å². The first kappa shape index (κ1) is 21.2. The molecule has 0 saturated heterocycles. The normalized spacial score (nSPS) is 17.3. The second-order valence-corrected chi connectivity index (χ2v) is 9.16. The third-order valence-electron chi connectivity index (χ3n) is 5.00. The summed E-state index contributed by atoms with van der Waals surface area (Å²) in [7, 11) is -3.98. The highest BCUT2D eigenvalue weighted by molar-refractivity contribution is 7.91.